The summed E-state index contributed by atoms with van der Waals surface area (Å²) in [5.41, 5.74) is 5.61. The number of aromatic nitrogens is 2. The Labute approximate surface area is 85.2 Å². The van der Waals surface area contributed by atoms with Gasteiger partial charge in [-0.1, -0.05) is 5.10 Å². The van der Waals surface area contributed by atoms with Crippen LogP contribution in [0.5, 0.6) is 5.19 Å². The van der Waals surface area contributed by atoms with Crippen LogP contribution in [-0.2, 0) is 4.74 Å². The third-order valence-corrected chi connectivity index (χ3v) is 3.32. The van der Waals surface area contributed by atoms with Gasteiger partial charge in [-0.25, -0.2) is 0 Å². The molecule has 0 aromatic carbocycles. The first kappa shape index (κ1) is 8.43. The fraction of sp³-hybridized carbons (Fsp3) is 0.750. The number of ether oxygens (including phenoxy) is 2. The molecule has 1 aromatic rings. The van der Waals surface area contributed by atoms with Crippen LogP contribution in [0.3, 0.4) is 0 Å². The zero-order valence-electron chi connectivity index (χ0n) is 7.60. The highest BCUT2D eigenvalue weighted by Crippen LogP contribution is 2.48. The third-order valence-electron chi connectivity index (χ3n) is 2.67. The molecular formula is C8H11N3O2S. The lowest BCUT2D eigenvalue weighted by Crippen LogP contribution is -2.16. The fourth-order valence-electron chi connectivity index (χ4n) is 1.78. The number of rotatable bonds is 2. The number of hydrogen-bond donors (Lipinski definition) is 1. The van der Waals surface area contributed by atoms with Gasteiger partial charge in [-0.15, -0.1) is 5.10 Å². The molecule has 1 saturated carbocycles. The highest BCUT2D eigenvalue weighted by atomic mass is 32.1. The Morgan fingerprint density at radius 1 is 1.50 bits per heavy atom. The van der Waals surface area contributed by atoms with E-state index in [2.05, 4.69) is 10.2 Å². The second-order valence-electron chi connectivity index (χ2n) is 3.84. The van der Waals surface area contributed by atoms with E-state index in [0.717, 1.165) is 6.42 Å². The summed E-state index contributed by atoms with van der Waals surface area (Å²) in [4.78, 5) is 0. The van der Waals surface area contributed by atoms with Gasteiger partial charge in [-0.2, -0.15) is 0 Å². The Balaban J connectivity index is 1.63. The number of anilines is 1. The molecule has 1 saturated heterocycles. The molecule has 1 aromatic heterocycles. The topological polar surface area (TPSA) is 70.3 Å². The lowest BCUT2D eigenvalue weighted by molar-refractivity contribution is 0.0783. The molecule has 2 aliphatic rings. The zero-order chi connectivity index (χ0) is 9.60. The molecule has 0 amide bonds. The van der Waals surface area contributed by atoms with Gasteiger partial charge in [0.05, 0.1) is 12.2 Å². The molecule has 0 unspecified atom stereocenters. The van der Waals surface area contributed by atoms with E-state index in [-0.39, 0.29) is 11.7 Å². The quantitative estimate of drug-likeness (QED) is 0.787. The van der Waals surface area contributed by atoms with Gasteiger partial charge in [-0.05, 0) is 24.2 Å². The molecular weight excluding hydrogens is 202 g/mol. The lowest BCUT2D eigenvalue weighted by Gasteiger charge is -2.07. The second kappa shape index (κ2) is 2.80. The van der Waals surface area contributed by atoms with Crippen molar-refractivity contribution in [2.75, 3.05) is 12.3 Å². The SMILES string of the molecule is Nc1nnc(O[C@@H]2COC3(CC3)C2)s1. The predicted molar refractivity (Wildman–Crippen MR) is 51.3 cm³/mol. The van der Waals surface area contributed by atoms with Crippen molar-refractivity contribution in [1.29, 1.82) is 0 Å². The molecule has 6 heteroatoms. The van der Waals surface area contributed by atoms with Crippen molar-refractivity contribution in [2.24, 2.45) is 0 Å². The van der Waals surface area contributed by atoms with Crippen LogP contribution in [0.2, 0.25) is 0 Å². The van der Waals surface area contributed by atoms with Crippen LogP contribution in [-0.4, -0.2) is 28.5 Å². The molecule has 1 atom stereocenters. The molecule has 1 aliphatic carbocycles. The Hall–Kier alpha value is -0.880. The Morgan fingerprint density at radius 2 is 2.36 bits per heavy atom. The molecule has 2 heterocycles. The Bertz CT molecular complexity index is 350. The van der Waals surface area contributed by atoms with Crippen LogP contribution in [0.25, 0.3) is 0 Å². The van der Waals surface area contributed by atoms with E-state index in [1.807, 2.05) is 0 Å². The van der Waals surface area contributed by atoms with Gasteiger partial charge in [0.2, 0.25) is 5.13 Å². The summed E-state index contributed by atoms with van der Waals surface area (Å²) in [6.45, 7) is 0.666. The van der Waals surface area contributed by atoms with Crippen molar-refractivity contribution in [3.63, 3.8) is 0 Å². The standard InChI is InChI=1S/C8H11N3O2S/c9-6-10-11-7(14-6)13-5-3-8(1-2-8)12-4-5/h5H,1-4H2,(H2,9,10)/t5-/m0/s1. The van der Waals surface area contributed by atoms with Crippen LogP contribution in [0.4, 0.5) is 5.13 Å². The summed E-state index contributed by atoms with van der Waals surface area (Å²) in [5.74, 6) is 0. The maximum atomic E-state index is 5.64. The molecule has 3 rings (SSSR count). The Morgan fingerprint density at radius 3 is 2.93 bits per heavy atom. The van der Waals surface area contributed by atoms with Crippen molar-refractivity contribution < 1.29 is 9.47 Å². The smallest absolute Gasteiger partial charge is 0.296 e. The van der Waals surface area contributed by atoms with Gasteiger partial charge in [-0.3, -0.25) is 0 Å². The summed E-state index contributed by atoms with van der Waals surface area (Å²) < 4.78 is 11.3. The minimum absolute atomic E-state index is 0.129. The summed E-state index contributed by atoms with van der Waals surface area (Å²) >= 11 is 1.27. The molecule has 5 nitrogen and oxygen atoms in total. The Kier molecular flexibility index (Phi) is 1.69. The van der Waals surface area contributed by atoms with Crippen LogP contribution >= 0.6 is 11.3 Å². The minimum atomic E-state index is 0.129. The van der Waals surface area contributed by atoms with Crippen molar-refractivity contribution in [3.8, 4) is 5.19 Å². The average Bonchev–Trinajstić information content (AvgIpc) is 2.58. The van der Waals surface area contributed by atoms with E-state index >= 15 is 0 Å². The first-order valence-electron chi connectivity index (χ1n) is 4.65. The summed E-state index contributed by atoms with van der Waals surface area (Å²) in [5, 5.41) is 8.50. The van der Waals surface area contributed by atoms with Crippen LogP contribution in [0.1, 0.15) is 19.3 Å². The normalized spacial score (nSPS) is 28.1. The number of nitrogens with zero attached hydrogens (tertiary/aromatic N) is 2. The highest BCUT2D eigenvalue weighted by Gasteiger charge is 2.51. The van der Waals surface area contributed by atoms with E-state index in [1.165, 1.54) is 24.2 Å². The summed E-state index contributed by atoms with van der Waals surface area (Å²) in [6.07, 6.45) is 3.45. The largest absolute Gasteiger partial charge is 0.463 e. The van der Waals surface area contributed by atoms with Crippen molar-refractivity contribution in [2.45, 2.75) is 31.0 Å². The van der Waals surface area contributed by atoms with Gasteiger partial charge in [0.25, 0.3) is 5.19 Å². The van der Waals surface area contributed by atoms with E-state index < -0.39 is 0 Å². The van der Waals surface area contributed by atoms with Gasteiger partial charge >= 0.3 is 0 Å². The molecule has 2 fully saturated rings. The van der Waals surface area contributed by atoms with E-state index in [4.69, 9.17) is 15.2 Å². The molecule has 0 radical (unpaired) electrons. The first-order chi connectivity index (χ1) is 6.76. The van der Waals surface area contributed by atoms with E-state index in [1.54, 1.807) is 0 Å². The average molecular weight is 213 g/mol. The molecule has 1 spiro atoms. The van der Waals surface area contributed by atoms with Crippen LogP contribution in [0, 0.1) is 0 Å². The minimum Gasteiger partial charge on any atom is -0.463 e. The monoisotopic (exact) mass is 213 g/mol. The van der Waals surface area contributed by atoms with E-state index in [9.17, 15) is 0 Å². The third kappa shape index (κ3) is 1.44. The van der Waals surface area contributed by atoms with Crippen molar-refractivity contribution in [3.05, 3.63) is 0 Å². The van der Waals surface area contributed by atoms with Gasteiger partial charge < -0.3 is 15.2 Å². The molecule has 14 heavy (non-hydrogen) atoms. The maximum Gasteiger partial charge on any atom is 0.296 e. The molecule has 0 bridgehead atoms. The van der Waals surface area contributed by atoms with Crippen molar-refractivity contribution in [1.82, 2.24) is 10.2 Å². The first-order valence-corrected chi connectivity index (χ1v) is 5.47. The number of hydrogen-bond acceptors (Lipinski definition) is 6. The molecule has 76 valence electrons. The van der Waals surface area contributed by atoms with Gasteiger partial charge in [0, 0.05) is 6.42 Å². The van der Waals surface area contributed by atoms with Gasteiger partial charge in [0.15, 0.2) is 0 Å². The maximum absolute atomic E-state index is 5.64. The van der Waals surface area contributed by atoms with Crippen LogP contribution in [0.15, 0.2) is 0 Å². The second-order valence-corrected chi connectivity index (χ2v) is 4.82. The lowest BCUT2D eigenvalue weighted by atomic mass is 10.2. The van der Waals surface area contributed by atoms with E-state index in [0.29, 0.717) is 16.9 Å². The summed E-state index contributed by atoms with van der Waals surface area (Å²) in [6, 6.07) is 0. The molecule has 2 N–H and O–H groups in total. The van der Waals surface area contributed by atoms with Crippen LogP contribution < -0.4 is 10.5 Å². The summed E-state index contributed by atoms with van der Waals surface area (Å²) in [7, 11) is 0. The number of nitrogens with two attached hydrogens (primary N) is 1. The van der Waals surface area contributed by atoms with Gasteiger partial charge in [0.1, 0.15) is 6.10 Å². The zero-order valence-corrected chi connectivity index (χ0v) is 8.42. The number of nitrogen functional groups attached to an aromatic ring is 1. The molecule has 1 aliphatic heterocycles. The van der Waals surface area contributed by atoms with Crippen molar-refractivity contribution >= 4 is 16.5 Å². The predicted octanol–water partition coefficient (Wildman–Crippen LogP) is 0.821. The highest BCUT2D eigenvalue weighted by molar-refractivity contribution is 7.16. The fourth-order valence-corrected chi connectivity index (χ4v) is 2.30.